The van der Waals surface area contributed by atoms with E-state index in [4.69, 9.17) is 9.84 Å². The number of amides is 1. The van der Waals surface area contributed by atoms with Crippen molar-refractivity contribution in [3.05, 3.63) is 35.7 Å². The van der Waals surface area contributed by atoms with Crippen molar-refractivity contribution < 1.29 is 19.4 Å². The number of hydrogen-bond donors (Lipinski definition) is 2. The molecule has 0 aliphatic rings. The van der Waals surface area contributed by atoms with Crippen LogP contribution in [-0.4, -0.2) is 42.2 Å². The second-order valence-electron chi connectivity index (χ2n) is 3.40. The number of carbonyl (C=O) groups excluding carboxylic acids is 1. The number of carbonyl (C=O) groups is 2. The van der Waals surface area contributed by atoms with Crippen LogP contribution in [0.3, 0.4) is 0 Å². The summed E-state index contributed by atoms with van der Waals surface area (Å²) < 4.78 is 4.80. The number of rotatable bonds is 6. The number of nitrogens with zero attached hydrogens (tertiary/aromatic N) is 1. The zero-order valence-electron chi connectivity index (χ0n) is 9.92. The number of hydrogen-bond acceptors (Lipinski definition) is 4. The first-order chi connectivity index (χ1) is 8.63. The maximum Gasteiger partial charge on any atom is 0.328 e. The Balaban J connectivity index is 2.59. The number of methoxy groups -OCH3 is 1. The summed E-state index contributed by atoms with van der Waals surface area (Å²) in [5.41, 5.74) is 0.893. The fourth-order valence-electron chi connectivity index (χ4n) is 1.16. The number of aliphatic carboxylic acids is 1. The van der Waals surface area contributed by atoms with E-state index in [-0.39, 0.29) is 11.6 Å². The number of aromatic nitrogens is 1. The molecule has 0 radical (unpaired) electrons. The van der Waals surface area contributed by atoms with Gasteiger partial charge in [0.05, 0.1) is 6.61 Å². The van der Waals surface area contributed by atoms with Gasteiger partial charge in [0.15, 0.2) is 0 Å². The molecule has 0 atom stereocenters. The Morgan fingerprint density at radius 3 is 2.83 bits per heavy atom. The lowest BCUT2D eigenvalue weighted by molar-refractivity contribution is -0.131. The molecule has 1 amide bonds. The fraction of sp³-hybridized carbons (Fsp3) is 0.250. The average Bonchev–Trinajstić information content (AvgIpc) is 2.37. The predicted octanol–water partition coefficient (Wildman–Crippen LogP) is 0.556. The molecule has 0 unspecified atom stereocenters. The van der Waals surface area contributed by atoms with E-state index in [0.717, 1.165) is 6.08 Å². The number of ether oxygens (including phenoxy) is 1. The van der Waals surface area contributed by atoms with Crippen LogP contribution in [0.4, 0.5) is 0 Å². The predicted molar refractivity (Wildman–Crippen MR) is 65.1 cm³/mol. The first-order valence-electron chi connectivity index (χ1n) is 5.27. The van der Waals surface area contributed by atoms with E-state index in [1.54, 1.807) is 13.2 Å². The van der Waals surface area contributed by atoms with Gasteiger partial charge < -0.3 is 15.2 Å². The maximum atomic E-state index is 11.6. The molecule has 1 aromatic rings. The molecule has 2 N–H and O–H groups in total. The largest absolute Gasteiger partial charge is 0.478 e. The van der Waals surface area contributed by atoms with Crippen LogP contribution >= 0.6 is 0 Å². The third kappa shape index (κ3) is 4.75. The minimum absolute atomic E-state index is 0.276. The SMILES string of the molecule is COCCNC(=O)c1ccc(/C=C/C(=O)O)cn1. The first-order valence-corrected chi connectivity index (χ1v) is 5.27. The van der Waals surface area contributed by atoms with Crippen molar-refractivity contribution in [2.75, 3.05) is 20.3 Å². The molecule has 0 saturated heterocycles. The number of nitrogens with one attached hydrogen (secondary N) is 1. The fourth-order valence-corrected chi connectivity index (χ4v) is 1.16. The molecule has 6 heteroatoms. The van der Waals surface area contributed by atoms with E-state index in [9.17, 15) is 9.59 Å². The Hall–Kier alpha value is -2.21. The maximum absolute atomic E-state index is 11.6. The van der Waals surface area contributed by atoms with Gasteiger partial charge in [-0.15, -0.1) is 0 Å². The molecule has 18 heavy (non-hydrogen) atoms. The smallest absolute Gasteiger partial charge is 0.328 e. The van der Waals surface area contributed by atoms with E-state index in [0.29, 0.717) is 18.7 Å². The standard InChI is InChI=1S/C12H14N2O4/c1-18-7-6-13-12(17)10-4-2-9(8-14-10)3-5-11(15)16/h2-5,8H,6-7H2,1H3,(H,13,17)(H,15,16)/b5-3+. The normalized spacial score (nSPS) is 10.5. The monoisotopic (exact) mass is 250 g/mol. The average molecular weight is 250 g/mol. The Morgan fingerprint density at radius 2 is 2.28 bits per heavy atom. The summed E-state index contributed by atoms with van der Waals surface area (Å²) in [6, 6.07) is 3.15. The van der Waals surface area contributed by atoms with Crippen molar-refractivity contribution in [1.29, 1.82) is 0 Å². The molecule has 0 fully saturated rings. The van der Waals surface area contributed by atoms with Gasteiger partial charge in [0.25, 0.3) is 5.91 Å². The van der Waals surface area contributed by atoms with Crippen molar-refractivity contribution in [3.63, 3.8) is 0 Å². The van der Waals surface area contributed by atoms with Gasteiger partial charge in [-0.05, 0) is 17.7 Å². The molecule has 0 saturated carbocycles. The van der Waals surface area contributed by atoms with Gasteiger partial charge in [-0.2, -0.15) is 0 Å². The molecule has 0 aliphatic carbocycles. The minimum Gasteiger partial charge on any atom is -0.478 e. The Labute approximate surface area is 104 Å². The summed E-state index contributed by atoms with van der Waals surface area (Å²) >= 11 is 0. The lowest BCUT2D eigenvalue weighted by Gasteiger charge is -2.03. The van der Waals surface area contributed by atoms with Crippen molar-refractivity contribution >= 4 is 18.0 Å². The van der Waals surface area contributed by atoms with Gasteiger partial charge >= 0.3 is 5.97 Å². The Bertz CT molecular complexity index is 440. The molecule has 1 aromatic heterocycles. The van der Waals surface area contributed by atoms with Crippen LogP contribution in [-0.2, 0) is 9.53 Å². The summed E-state index contributed by atoms with van der Waals surface area (Å²) in [5, 5.41) is 11.1. The van der Waals surface area contributed by atoms with Crippen LogP contribution in [0.25, 0.3) is 6.08 Å². The second kappa shape index (κ2) is 7.18. The quantitative estimate of drug-likeness (QED) is 0.568. The highest BCUT2D eigenvalue weighted by atomic mass is 16.5. The van der Waals surface area contributed by atoms with Gasteiger partial charge in [0, 0.05) is 25.9 Å². The van der Waals surface area contributed by atoms with Crippen LogP contribution in [0.1, 0.15) is 16.1 Å². The number of pyridine rings is 1. The van der Waals surface area contributed by atoms with E-state index in [2.05, 4.69) is 10.3 Å². The number of carboxylic acids is 1. The van der Waals surface area contributed by atoms with Gasteiger partial charge in [0.1, 0.15) is 5.69 Å². The zero-order valence-corrected chi connectivity index (χ0v) is 9.92. The topological polar surface area (TPSA) is 88.5 Å². The summed E-state index contributed by atoms with van der Waals surface area (Å²) in [7, 11) is 1.55. The molecule has 0 aliphatic heterocycles. The van der Waals surface area contributed by atoms with Gasteiger partial charge in [-0.3, -0.25) is 9.78 Å². The molecule has 0 aromatic carbocycles. The van der Waals surface area contributed by atoms with Gasteiger partial charge in [0.2, 0.25) is 0 Å². The Kier molecular flexibility index (Phi) is 5.53. The van der Waals surface area contributed by atoms with Crippen molar-refractivity contribution in [1.82, 2.24) is 10.3 Å². The zero-order chi connectivity index (χ0) is 13.4. The van der Waals surface area contributed by atoms with Crippen LogP contribution < -0.4 is 5.32 Å². The van der Waals surface area contributed by atoms with E-state index in [1.165, 1.54) is 18.3 Å². The molecule has 0 bridgehead atoms. The molecule has 1 heterocycles. The molecular weight excluding hydrogens is 236 g/mol. The van der Waals surface area contributed by atoms with E-state index < -0.39 is 5.97 Å². The van der Waals surface area contributed by atoms with Crippen molar-refractivity contribution in [2.45, 2.75) is 0 Å². The summed E-state index contributed by atoms with van der Waals surface area (Å²) in [6.07, 6.45) is 3.85. The van der Waals surface area contributed by atoms with Crippen LogP contribution in [0.5, 0.6) is 0 Å². The van der Waals surface area contributed by atoms with Crippen LogP contribution in [0.2, 0.25) is 0 Å². The highest BCUT2D eigenvalue weighted by Gasteiger charge is 2.05. The molecule has 1 rings (SSSR count). The third-order valence-corrected chi connectivity index (χ3v) is 2.03. The molecular formula is C12H14N2O4. The summed E-state index contributed by atoms with van der Waals surface area (Å²) in [5.74, 6) is -1.32. The van der Waals surface area contributed by atoms with Crippen molar-refractivity contribution in [3.8, 4) is 0 Å². The lowest BCUT2D eigenvalue weighted by Crippen LogP contribution is -2.27. The summed E-state index contributed by atoms with van der Waals surface area (Å²) in [6.45, 7) is 0.850. The number of carboxylic acid groups (broad SMARTS) is 1. The Morgan fingerprint density at radius 1 is 1.50 bits per heavy atom. The minimum atomic E-state index is -1.03. The van der Waals surface area contributed by atoms with E-state index in [1.807, 2.05) is 0 Å². The lowest BCUT2D eigenvalue weighted by atomic mass is 10.2. The highest BCUT2D eigenvalue weighted by molar-refractivity contribution is 5.92. The summed E-state index contributed by atoms with van der Waals surface area (Å²) in [4.78, 5) is 25.8. The van der Waals surface area contributed by atoms with Crippen molar-refractivity contribution in [2.24, 2.45) is 0 Å². The first kappa shape index (κ1) is 13.9. The highest BCUT2D eigenvalue weighted by Crippen LogP contribution is 2.02. The second-order valence-corrected chi connectivity index (χ2v) is 3.40. The molecule has 6 nitrogen and oxygen atoms in total. The van der Waals surface area contributed by atoms with Gasteiger partial charge in [-0.1, -0.05) is 6.07 Å². The molecule has 96 valence electrons. The van der Waals surface area contributed by atoms with Gasteiger partial charge in [-0.25, -0.2) is 4.79 Å². The third-order valence-electron chi connectivity index (χ3n) is 2.03. The molecule has 0 spiro atoms. The van der Waals surface area contributed by atoms with Crippen LogP contribution in [0, 0.1) is 0 Å². The van der Waals surface area contributed by atoms with Crippen LogP contribution in [0.15, 0.2) is 24.4 Å². The van der Waals surface area contributed by atoms with E-state index >= 15 is 0 Å².